The number of hydrogen-bond acceptors (Lipinski definition) is 4. The number of nitrogens with zero attached hydrogens (tertiary/aromatic N) is 4. The zero-order chi connectivity index (χ0) is 26.0. The molecule has 2 aliphatic carbocycles. The van der Waals surface area contributed by atoms with Gasteiger partial charge in [0.2, 0.25) is 5.82 Å². The Hall–Kier alpha value is -3.00. The third-order valence-corrected chi connectivity index (χ3v) is 9.91. The maximum atomic E-state index is 14.4. The summed E-state index contributed by atoms with van der Waals surface area (Å²) in [5.41, 5.74) is 0.940. The highest BCUT2D eigenvalue weighted by Crippen LogP contribution is 2.47. The standard InChI is InChI=1S/C30H36FN5O2/c1-18-25(31)17-34(30(38)32-18)28-29(37)36(27-11-3-2-10-26(27)33-28)24-15-21-8-5-9-22(16-24)35(21)23-13-19-6-4-7-20(12-19)14-23/h2-3,10-11,17,19-24H,1,4-9,12-16H2,(H,32,38). The summed E-state index contributed by atoms with van der Waals surface area (Å²) < 4.78 is 16.3. The van der Waals surface area contributed by atoms with Crippen molar-refractivity contribution in [3.63, 3.8) is 0 Å². The summed E-state index contributed by atoms with van der Waals surface area (Å²) in [7, 11) is 0. The van der Waals surface area contributed by atoms with E-state index in [-0.39, 0.29) is 23.1 Å². The highest BCUT2D eigenvalue weighted by molar-refractivity contribution is 5.96. The molecule has 1 aromatic heterocycles. The van der Waals surface area contributed by atoms with Gasteiger partial charge < -0.3 is 9.88 Å². The second-order valence-corrected chi connectivity index (χ2v) is 12.2. The number of urea groups is 1. The lowest BCUT2D eigenvalue weighted by Gasteiger charge is -2.55. The molecule has 4 fully saturated rings. The summed E-state index contributed by atoms with van der Waals surface area (Å²) >= 11 is 0. The molecule has 8 heteroatoms. The maximum Gasteiger partial charge on any atom is 0.331 e. The average molecular weight is 518 g/mol. The molecule has 5 aliphatic rings. The van der Waals surface area contributed by atoms with E-state index < -0.39 is 11.9 Å². The number of hydrogen-bond donors (Lipinski definition) is 1. The Balaban J connectivity index is 1.26. The van der Waals surface area contributed by atoms with Crippen molar-refractivity contribution in [3.05, 3.63) is 58.9 Å². The number of para-hydroxylation sites is 2. The minimum Gasteiger partial charge on any atom is -0.305 e. The summed E-state index contributed by atoms with van der Waals surface area (Å²) in [6, 6.07) is 8.59. The SMILES string of the molecule is C=C1NC(=O)N(c2nc3ccccc3n(C3CC4CCCC(C3)N4C3CC4CCCC(C4)C3)c2=O)C=C1F. The lowest BCUT2D eigenvalue weighted by molar-refractivity contribution is -0.0485. The number of carbonyl (C=O) groups excluding carboxylic acids is 1. The first-order valence-electron chi connectivity index (χ1n) is 14.4. The number of halogens is 1. The number of fused-ring (bicyclic) bond motifs is 5. The molecule has 2 saturated carbocycles. The van der Waals surface area contributed by atoms with Crippen LogP contribution in [0.3, 0.4) is 0 Å². The summed E-state index contributed by atoms with van der Waals surface area (Å²) in [5, 5.41) is 2.40. The summed E-state index contributed by atoms with van der Waals surface area (Å²) in [6.07, 6.45) is 14.7. The van der Waals surface area contributed by atoms with E-state index >= 15 is 0 Å². The van der Waals surface area contributed by atoms with Crippen LogP contribution in [0, 0.1) is 11.8 Å². The zero-order valence-corrected chi connectivity index (χ0v) is 21.8. The molecule has 2 saturated heterocycles. The number of nitrogens with one attached hydrogen (secondary N) is 1. The smallest absolute Gasteiger partial charge is 0.305 e. The van der Waals surface area contributed by atoms with E-state index in [1.54, 1.807) is 0 Å². The molecule has 4 heterocycles. The van der Waals surface area contributed by atoms with Crippen molar-refractivity contribution in [1.29, 1.82) is 0 Å². The quantitative estimate of drug-likeness (QED) is 0.561. The Morgan fingerprint density at radius 3 is 2.29 bits per heavy atom. The first kappa shape index (κ1) is 24.1. The molecule has 0 spiro atoms. The minimum absolute atomic E-state index is 0.0143. The molecule has 7 rings (SSSR count). The van der Waals surface area contributed by atoms with Crippen LogP contribution < -0.4 is 15.8 Å². The monoisotopic (exact) mass is 517 g/mol. The summed E-state index contributed by atoms with van der Waals surface area (Å²) in [4.78, 5) is 35.2. The number of rotatable bonds is 3. The van der Waals surface area contributed by atoms with Crippen molar-refractivity contribution in [2.75, 3.05) is 4.90 Å². The van der Waals surface area contributed by atoms with E-state index in [1.165, 1.54) is 57.8 Å². The predicted octanol–water partition coefficient (Wildman–Crippen LogP) is 5.78. The van der Waals surface area contributed by atoms with Crippen LogP contribution in [-0.2, 0) is 0 Å². The Bertz CT molecular complexity index is 1360. The van der Waals surface area contributed by atoms with Gasteiger partial charge in [-0.15, -0.1) is 0 Å². The predicted molar refractivity (Wildman–Crippen MR) is 145 cm³/mol. The van der Waals surface area contributed by atoms with Gasteiger partial charge in [0.25, 0.3) is 5.56 Å². The Labute approximate surface area is 222 Å². The van der Waals surface area contributed by atoms with Gasteiger partial charge in [0.1, 0.15) is 0 Å². The van der Waals surface area contributed by atoms with Gasteiger partial charge in [-0.25, -0.2) is 19.1 Å². The van der Waals surface area contributed by atoms with Crippen molar-refractivity contribution < 1.29 is 9.18 Å². The fourth-order valence-electron chi connectivity index (χ4n) is 8.45. The van der Waals surface area contributed by atoms with Crippen molar-refractivity contribution in [2.45, 2.75) is 94.8 Å². The van der Waals surface area contributed by atoms with Crippen LogP contribution in [0.1, 0.15) is 76.7 Å². The van der Waals surface area contributed by atoms with Gasteiger partial charge in [0.05, 0.1) is 22.9 Å². The minimum atomic E-state index is -0.689. The number of piperidine rings is 2. The van der Waals surface area contributed by atoms with Crippen LogP contribution >= 0.6 is 0 Å². The van der Waals surface area contributed by atoms with Gasteiger partial charge in [0, 0.05) is 24.2 Å². The number of anilines is 1. The molecule has 38 heavy (non-hydrogen) atoms. The summed E-state index contributed by atoms with van der Waals surface area (Å²) in [6.45, 7) is 3.52. The third-order valence-electron chi connectivity index (χ3n) is 9.91. The molecule has 7 nitrogen and oxygen atoms in total. The normalized spacial score (nSPS) is 33.7. The van der Waals surface area contributed by atoms with Crippen LogP contribution in [0.5, 0.6) is 0 Å². The van der Waals surface area contributed by atoms with Gasteiger partial charge >= 0.3 is 6.03 Å². The molecule has 0 radical (unpaired) electrons. The second-order valence-electron chi connectivity index (χ2n) is 12.2. The lowest BCUT2D eigenvalue weighted by atomic mass is 9.68. The Morgan fingerprint density at radius 1 is 0.868 bits per heavy atom. The van der Waals surface area contributed by atoms with Crippen molar-refractivity contribution in [3.8, 4) is 0 Å². The van der Waals surface area contributed by atoms with Gasteiger partial charge in [-0.2, -0.15) is 0 Å². The Kier molecular flexibility index (Phi) is 5.91. The fraction of sp³-hybridized carbons (Fsp3) is 0.567. The van der Waals surface area contributed by atoms with Crippen molar-refractivity contribution in [1.82, 2.24) is 19.8 Å². The third kappa shape index (κ3) is 3.99. The van der Waals surface area contributed by atoms with Gasteiger partial charge in [-0.1, -0.05) is 44.4 Å². The van der Waals surface area contributed by atoms with Crippen LogP contribution in [-0.4, -0.2) is 38.6 Å². The molecule has 2 aromatic rings. The summed E-state index contributed by atoms with van der Waals surface area (Å²) in [5.74, 6) is 1.02. The molecule has 1 N–H and O–H groups in total. The number of benzene rings is 1. The Morgan fingerprint density at radius 2 is 1.55 bits per heavy atom. The first-order chi connectivity index (χ1) is 18.5. The molecule has 2 amide bonds. The van der Waals surface area contributed by atoms with E-state index in [1.807, 2.05) is 28.8 Å². The van der Waals surface area contributed by atoms with Gasteiger partial charge in [0.15, 0.2) is 5.83 Å². The van der Waals surface area contributed by atoms with Crippen molar-refractivity contribution in [2.24, 2.45) is 11.8 Å². The van der Waals surface area contributed by atoms with Crippen LogP contribution in [0.4, 0.5) is 15.0 Å². The highest BCUT2D eigenvalue weighted by Gasteiger charge is 2.45. The highest BCUT2D eigenvalue weighted by atomic mass is 19.1. The van der Waals surface area contributed by atoms with Crippen LogP contribution in [0.2, 0.25) is 0 Å². The zero-order valence-electron chi connectivity index (χ0n) is 21.8. The van der Waals surface area contributed by atoms with Crippen LogP contribution in [0.25, 0.3) is 11.0 Å². The lowest BCUT2D eigenvalue weighted by Crippen LogP contribution is -2.58. The molecule has 4 atom stereocenters. The van der Waals surface area contributed by atoms with Gasteiger partial charge in [-0.05, 0) is 68.9 Å². The van der Waals surface area contributed by atoms with E-state index in [0.717, 1.165) is 41.3 Å². The number of carbonyl (C=O) groups is 1. The number of allylic oxidation sites excluding steroid dienone is 1. The van der Waals surface area contributed by atoms with E-state index in [4.69, 9.17) is 0 Å². The molecular formula is C30H36FN5O2. The van der Waals surface area contributed by atoms with E-state index in [0.29, 0.717) is 23.6 Å². The average Bonchev–Trinajstić information content (AvgIpc) is 2.89. The topological polar surface area (TPSA) is 70.5 Å². The first-order valence-corrected chi connectivity index (χ1v) is 14.4. The number of amides is 2. The van der Waals surface area contributed by atoms with E-state index in [2.05, 4.69) is 21.8 Å². The molecule has 3 aliphatic heterocycles. The molecule has 4 unspecified atom stereocenters. The molecule has 200 valence electrons. The number of aromatic nitrogens is 2. The molecular weight excluding hydrogens is 481 g/mol. The van der Waals surface area contributed by atoms with Crippen LogP contribution in [0.15, 0.2) is 53.4 Å². The molecule has 4 bridgehead atoms. The largest absolute Gasteiger partial charge is 0.331 e. The maximum absolute atomic E-state index is 14.4. The second kappa shape index (κ2) is 9.33. The van der Waals surface area contributed by atoms with Gasteiger partial charge in [-0.3, -0.25) is 9.69 Å². The van der Waals surface area contributed by atoms with Crippen molar-refractivity contribution >= 4 is 22.9 Å². The fourth-order valence-corrected chi connectivity index (χ4v) is 8.45. The molecule has 1 aromatic carbocycles. The van der Waals surface area contributed by atoms with E-state index in [9.17, 15) is 14.0 Å².